The van der Waals surface area contributed by atoms with Crippen LogP contribution in [0.4, 0.5) is 5.82 Å². The summed E-state index contributed by atoms with van der Waals surface area (Å²) < 4.78 is 30.0. The van der Waals surface area contributed by atoms with E-state index >= 15 is 0 Å². The maximum atomic E-state index is 12.8. The number of nitrogens with zero attached hydrogens (tertiary/aromatic N) is 2. The lowest BCUT2D eigenvalue weighted by atomic mass is 9.95. The van der Waals surface area contributed by atoms with Crippen LogP contribution in [0.15, 0.2) is 71.8 Å². The minimum atomic E-state index is -3.73. The van der Waals surface area contributed by atoms with Gasteiger partial charge in [-0.1, -0.05) is 41.9 Å². The molecule has 1 aliphatic rings. The second kappa shape index (κ2) is 7.81. The van der Waals surface area contributed by atoms with Crippen LogP contribution < -0.4 is 4.72 Å². The molecule has 0 spiro atoms. The standard InChI is InChI=1S/C21H20ClN3O2S/c22-17-10-7-11-18(14-17)25-15-20(16-8-3-1-4-9-16)21(23-25)24-28(26,27)19-12-5-2-6-13-19/h2,5-8,10-15H,1,3-4,9H2,(H,23,24). The summed E-state index contributed by atoms with van der Waals surface area (Å²) in [6.45, 7) is 0. The van der Waals surface area contributed by atoms with Crippen LogP contribution >= 0.6 is 11.6 Å². The Labute approximate surface area is 169 Å². The summed E-state index contributed by atoms with van der Waals surface area (Å²) in [5.41, 5.74) is 2.69. The lowest BCUT2D eigenvalue weighted by Gasteiger charge is -2.13. The highest BCUT2D eigenvalue weighted by Crippen LogP contribution is 2.33. The van der Waals surface area contributed by atoms with Crippen molar-refractivity contribution in [2.45, 2.75) is 30.6 Å². The molecule has 3 aromatic rings. The Kier molecular flexibility index (Phi) is 5.24. The molecule has 1 aliphatic carbocycles. The first-order chi connectivity index (χ1) is 13.5. The van der Waals surface area contributed by atoms with Gasteiger partial charge in [0.2, 0.25) is 0 Å². The van der Waals surface area contributed by atoms with Crippen molar-refractivity contribution in [3.63, 3.8) is 0 Å². The number of nitrogens with one attached hydrogen (secondary N) is 1. The van der Waals surface area contributed by atoms with E-state index in [1.807, 2.05) is 18.3 Å². The summed E-state index contributed by atoms with van der Waals surface area (Å²) in [6.07, 6.45) is 8.16. The molecule has 0 fully saturated rings. The molecule has 0 atom stereocenters. The minimum absolute atomic E-state index is 0.205. The Bertz CT molecular complexity index is 1120. The van der Waals surface area contributed by atoms with Gasteiger partial charge in [-0.2, -0.15) is 0 Å². The lowest BCUT2D eigenvalue weighted by Crippen LogP contribution is -2.14. The number of rotatable bonds is 5. The van der Waals surface area contributed by atoms with E-state index in [0.717, 1.165) is 42.5 Å². The number of halogens is 1. The molecule has 28 heavy (non-hydrogen) atoms. The zero-order valence-electron chi connectivity index (χ0n) is 15.2. The van der Waals surface area contributed by atoms with E-state index in [9.17, 15) is 8.42 Å². The Balaban J connectivity index is 1.77. The van der Waals surface area contributed by atoms with Crippen LogP contribution in [0, 0.1) is 0 Å². The Morgan fingerprint density at radius 3 is 2.57 bits per heavy atom. The van der Waals surface area contributed by atoms with Crippen LogP contribution in [-0.2, 0) is 10.0 Å². The molecule has 0 saturated heterocycles. The van der Waals surface area contributed by atoms with Gasteiger partial charge in [0.15, 0.2) is 5.82 Å². The van der Waals surface area contributed by atoms with Gasteiger partial charge in [0.25, 0.3) is 10.0 Å². The number of benzene rings is 2. The Morgan fingerprint density at radius 2 is 1.86 bits per heavy atom. The number of allylic oxidation sites excluding steroid dienone is 2. The number of anilines is 1. The first-order valence-corrected chi connectivity index (χ1v) is 11.0. The molecule has 0 radical (unpaired) electrons. The third kappa shape index (κ3) is 3.98. The van der Waals surface area contributed by atoms with Crippen molar-refractivity contribution in [2.24, 2.45) is 0 Å². The molecule has 144 valence electrons. The third-order valence-electron chi connectivity index (χ3n) is 4.71. The van der Waals surface area contributed by atoms with Crippen molar-refractivity contribution in [3.8, 4) is 5.69 Å². The van der Waals surface area contributed by atoms with Crippen molar-refractivity contribution in [3.05, 3.63) is 77.5 Å². The molecular weight excluding hydrogens is 394 g/mol. The highest BCUT2D eigenvalue weighted by molar-refractivity contribution is 7.92. The van der Waals surface area contributed by atoms with Crippen LogP contribution in [0.2, 0.25) is 5.02 Å². The second-order valence-electron chi connectivity index (χ2n) is 6.71. The number of hydrogen-bond acceptors (Lipinski definition) is 3. The fourth-order valence-electron chi connectivity index (χ4n) is 3.30. The number of aromatic nitrogens is 2. The quantitative estimate of drug-likeness (QED) is 0.618. The molecule has 0 bridgehead atoms. The molecule has 1 N–H and O–H groups in total. The summed E-state index contributed by atoms with van der Waals surface area (Å²) in [4.78, 5) is 0.205. The third-order valence-corrected chi connectivity index (χ3v) is 6.30. The van der Waals surface area contributed by atoms with E-state index in [-0.39, 0.29) is 4.90 Å². The Hall–Kier alpha value is -2.57. The van der Waals surface area contributed by atoms with E-state index in [0.29, 0.717) is 10.8 Å². The molecule has 1 aromatic heterocycles. The van der Waals surface area contributed by atoms with Gasteiger partial charge in [-0.25, -0.2) is 13.1 Å². The van der Waals surface area contributed by atoms with Crippen LogP contribution in [0.25, 0.3) is 11.3 Å². The van der Waals surface area contributed by atoms with E-state index in [4.69, 9.17) is 11.6 Å². The molecular formula is C21H20ClN3O2S. The van der Waals surface area contributed by atoms with Gasteiger partial charge in [-0.3, -0.25) is 4.72 Å². The molecule has 5 nitrogen and oxygen atoms in total. The second-order valence-corrected chi connectivity index (χ2v) is 8.83. The van der Waals surface area contributed by atoms with Gasteiger partial charge in [-0.05, 0) is 61.6 Å². The van der Waals surface area contributed by atoms with Gasteiger partial charge >= 0.3 is 0 Å². The SMILES string of the molecule is O=S(=O)(Nc1nn(-c2cccc(Cl)c2)cc1C1=CCCCC1)c1ccccc1. The summed E-state index contributed by atoms with van der Waals surface area (Å²) in [6, 6.07) is 15.6. The maximum absolute atomic E-state index is 12.8. The molecule has 1 heterocycles. The maximum Gasteiger partial charge on any atom is 0.263 e. The van der Waals surface area contributed by atoms with Crippen LogP contribution in [0.5, 0.6) is 0 Å². The van der Waals surface area contributed by atoms with Gasteiger partial charge in [0.1, 0.15) is 0 Å². The zero-order chi connectivity index (χ0) is 19.6. The van der Waals surface area contributed by atoms with E-state index in [2.05, 4.69) is 15.9 Å². The van der Waals surface area contributed by atoms with E-state index < -0.39 is 10.0 Å². The highest BCUT2D eigenvalue weighted by atomic mass is 35.5. The molecule has 4 rings (SSSR count). The monoisotopic (exact) mass is 413 g/mol. The molecule has 0 saturated carbocycles. The largest absolute Gasteiger partial charge is 0.263 e. The van der Waals surface area contributed by atoms with Crippen molar-refractivity contribution >= 4 is 33.0 Å². The Morgan fingerprint density at radius 1 is 1.04 bits per heavy atom. The molecule has 2 aromatic carbocycles. The smallest absolute Gasteiger partial charge is 0.261 e. The normalized spacial score (nSPS) is 14.5. The summed E-state index contributed by atoms with van der Waals surface area (Å²) in [5, 5.41) is 5.13. The average Bonchev–Trinajstić information content (AvgIpc) is 3.12. The summed E-state index contributed by atoms with van der Waals surface area (Å²) in [7, 11) is -3.73. The van der Waals surface area contributed by atoms with E-state index in [1.165, 1.54) is 0 Å². The van der Waals surface area contributed by atoms with Crippen molar-refractivity contribution < 1.29 is 8.42 Å². The predicted octanol–water partition coefficient (Wildman–Crippen LogP) is 5.28. The molecule has 0 aliphatic heterocycles. The first-order valence-electron chi connectivity index (χ1n) is 9.16. The van der Waals surface area contributed by atoms with Gasteiger partial charge < -0.3 is 0 Å². The van der Waals surface area contributed by atoms with Gasteiger partial charge in [-0.15, -0.1) is 5.10 Å². The predicted molar refractivity (Wildman–Crippen MR) is 112 cm³/mol. The average molecular weight is 414 g/mol. The first kappa shape index (κ1) is 18.8. The van der Waals surface area contributed by atoms with Gasteiger partial charge in [0, 0.05) is 16.8 Å². The number of sulfonamides is 1. The van der Waals surface area contributed by atoms with Gasteiger partial charge in [0.05, 0.1) is 10.6 Å². The van der Waals surface area contributed by atoms with Crippen LogP contribution in [0.1, 0.15) is 31.2 Å². The topological polar surface area (TPSA) is 64.0 Å². The van der Waals surface area contributed by atoms with Crippen molar-refractivity contribution in [1.29, 1.82) is 0 Å². The molecule has 0 amide bonds. The van der Waals surface area contributed by atoms with Crippen LogP contribution in [0.3, 0.4) is 0 Å². The molecule has 0 unspecified atom stereocenters. The van der Waals surface area contributed by atoms with E-state index in [1.54, 1.807) is 47.1 Å². The summed E-state index contributed by atoms with van der Waals surface area (Å²) >= 11 is 6.11. The minimum Gasteiger partial charge on any atom is -0.261 e. The zero-order valence-corrected chi connectivity index (χ0v) is 16.7. The van der Waals surface area contributed by atoms with Crippen molar-refractivity contribution in [1.82, 2.24) is 9.78 Å². The van der Waals surface area contributed by atoms with Crippen LogP contribution in [-0.4, -0.2) is 18.2 Å². The fourth-order valence-corrected chi connectivity index (χ4v) is 4.53. The highest BCUT2D eigenvalue weighted by Gasteiger charge is 2.21. The van der Waals surface area contributed by atoms with Crippen molar-refractivity contribution in [2.75, 3.05) is 4.72 Å². The summed E-state index contributed by atoms with van der Waals surface area (Å²) in [5.74, 6) is 0.331. The lowest BCUT2D eigenvalue weighted by molar-refractivity contribution is 0.601. The fraction of sp³-hybridized carbons (Fsp3) is 0.190. The number of hydrogen-bond donors (Lipinski definition) is 1. The molecule has 7 heteroatoms.